The number of hydrogen-bond acceptors (Lipinski definition) is 6. The molecular formula is C24H21FN6O3S. The average Bonchev–Trinajstić information content (AvgIpc) is 3.11. The van der Waals surface area contributed by atoms with E-state index in [1.807, 2.05) is 30.3 Å². The number of benzene rings is 1. The fraction of sp³-hybridized carbons (Fsp3) is 0.125. The number of carbonyl (C=O) groups is 1. The van der Waals surface area contributed by atoms with Crippen molar-refractivity contribution in [3.05, 3.63) is 94.7 Å². The van der Waals surface area contributed by atoms with Crippen molar-refractivity contribution in [2.75, 3.05) is 5.32 Å². The molecule has 1 atom stereocenters. The minimum absolute atomic E-state index is 0.0436. The van der Waals surface area contributed by atoms with Crippen molar-refractivity contribution in [2.45, 2.75) is 18.4 Å². The van der Waals surface area contributed by atoms with Crippen LogP contribution in [0.3, 0.4) is 0 Å². The Morgan fingerprint density at radius 1 is 1.31 bits per heavy atom. The lowest BCUT2D eigenvalue weighted by Crippen LogP contribution is -2.21. The number of ether oxygens (including phenoxy) is 1. The number of aromatic nitrogens is 2. The molecule has 3 N–H and O–H groups in total. The average molecular weight is 493 g/mol. The lowest BCUT2D eigenvalue weighted by atomic mass is 10.2. The smallest absolute Gasteiger partial charge is 0.272 e. The van der Waals surface area contributed by atoms with E-state index >= 15 is 0 Å². The van der Waals surface area contributed by atoms with E-state index in [0.29, 0.717) is 18.1 Å². The summed E-state index contributed by atoms with van der Waals surface area (Å²) >= 11 is 0. The number of aryl methyl sites for hydroxylation is 1. The molecule has 2 aromatic heterocycles. The number of halogens is 1. The number of allylic oxidation sites excluding steroid dienone is 2. The van der Waals surface area contributed by atoms with E-state index in [2.05, 4.69) is 15.0 Å². The summed E-state index contributed by atoms with van der Waals surface area (Å²) in [7, 11) is -1.97. The van der Waals surface area contributed by atoms with Gasteiger partial charge in [-0.15, -0.1) is 0 Å². The first-order valence-corrected chi connectivity index (χ1v) is 11.9. The van der Waals surface area contributed by atoms with Gasteiger partial charge in [0.25, 0.3) is 5.91 Å². The summed E-state index contributed by atoms with van der Waals surface area (Å²) in [4.78, 5) is 16.6. The van der Waals surface area contributed by atoms with Crippen LogP contribution in [0.1, 0.15) is 34.2 Å². The van der Waals surface area contributed by atoms with Crippen molar-refractivity contribution in [1.29, 1.82) is 10.0 Å². The molecule has 0 bridgehead atoms. The Morgan fingerprint density at radius 2 is 2.06 bits per heavy atom. The van der Waals surface area contributed by atoms with Crippen molar-refractivity contribution in [3.63, 3.8) is 0 Å². The minimum atomic E-state index is -3.55. The van der Waals surface area contributed by atoms with E-state index in [-0.39, 0.29) is 27.5 Å². The van der Waals surface area contributed by atoms with Gasteiger partial charge < -0.3 is 14.6 Å². The Bertz CT molecular complexity index is 1520. The number of amides is 1. The summed E-state index contributed by atoms with van der Waals surface area (Å²) in [5.74, 6) is -1.11. The van der Waals surface area contributed by atoms with Crippen LogP contribution in [0.2, 0.25) is 0 Å². The van der Waals surface area contributed by atoms with Crippen LogP contribution in [0.15, 0.2) is 71.1 Å². The summed E-state index contributed by atoms with van der Waals surface area (Å²) in [6.45, 7) is 1.99. The number of hydrogen-bond donors (Lipinski definition) is 3. The minimum Gasteiger partial charge on any atom is -0.491 e. The van der Waals surface area contributed by atoms with Crippen molar-refractivity contribution >= 4 is 27.6 Å². The van der Waals surface area contributed by atoms with Gasteiger partial charge in [-0.1, -0.05) is 30.3 Å². The zero-order valence-corrected chi connectivity index (χ0v) is 19.6. The van der Waals surface area contributed by atoms with Crippen LogP contribution in [0.25, 0.3) is 6.08 Å². The molecule has 1 aliphatic rings. The molecule has 35 heavy (non-hydrogen) atoms. The maximum atomic E-state index is 13.7. The zero-order chi connectivity index (χ0) is 25.2. The lowest BCUT2D eigenvalue weighted by Gasteiger charge is -2.13. The molecule has 0 radical (unpaired) electrons. The molecular weight excluding hydrogens is 471 g/mol. The second kappa shape index (κ2) is 9.44. The predicted molar refractivity (Wildman–Crippen MR) is 128 cm³/mol. The molecule has 0 spiro atoms. The normalized spacial score (nSPS) is 18.0. The lowest BCUT2D eigenvalue weighted by molar-refractivity contribution is 0.101. The summed E-state index contributed by atoms with van der Waals surface area (Å²) in [5.41, 5.74) is 1.54. The topological polar surface area (TPSA) is 133 Å². The molecule has 3 aromatic rings. The molecule has 3 heterocycles. The molecule has 1 aromatic carbocycles. The third-order valence-electron chi connectivity index (χ3n) is 5.22. The highest BCUT2D eigenvalue weighted by atomic mass is 32.2. The Morgan fingerprint density at radius 3 is 2.77 bits per heavy atom. The Labute approximate surface area is 201 Å². The van der Waals surface area contributed by atoms with Gasteiger partial charge in [0.15, 0.2) is 9.92 Å². The van der Waals surface area contributed by atoms with E-state index < -0.39 is 21.8 Å². The van der Waals surface area contributed by atoms with Crippen molar-refractivity contribution in [1.82, 2.24) is 14.3 Å². The van der Waals surface area contributed by atoms with E-state index in [0.717, 1.165) is 11.6 Å². The van der Waals surface area contributed by atoms with Gasteiger partial charge >= 0.3 is 0 Å². The van der Waals surface area contributed by atoms with Crippen LogP contribution in [-0.2, 0) is 28.3 Å². The quantitative estimate of drug-likeness (QED) is 0.365. The monoisotopic (exact) mass is 492 g/mol. The Balaban J connectivity index is 1.66. The number of nitrogens with zero attached hydrogens (tertiary/aromatic N) is 3. The number of nitriles is 1. The van der Waals surface area contributed by atoms with Crippen molar-refractivity contribution < 1.29 is 18.1 Å². The van der Waals surface area contributed by atoms with E-state index in [9.17, 15) is 13.4 Å². The summed E-state index contributed by atoms with van der Waals surface area (Å²) in [6, 6.07) is 13.5. The third kappa shape index (κ3) is 5.07. The van der Waals surface area contributed by atoms with Gasteiger partial charge in [0.05, 0.1) is 10.6 Å². The number of pyridine rings is 1. The summed E-state index contributed by atoms with van der Waals surface area (Å²) in [5, 5.41) is 11.5. The molecule has 178 valence electrons. The molecule has 1 aliphatic heterocycles. The van der Waals surface area contributed by atoms with Crippen LogP contribution in [-0.4, -0.2) is 19.7 Å². The first-order chi connectivity index (χ1) is 16.7. The van der Waals surface area contributed by atoms with E-state index in [1.165, 1.54) is 16.8 Å². The van der Waals surface area contributed by atoms with Crippen LogP contribution in [0.5, 0.6) is 0 Å². The van der Waals surface area contributed by atoms with Gasteiger partial charge in [-0.05, 0) is 30.7 Å². The first kappa shape index (κ1) is 23.7. The molecule has 4 rings (SSSR count). The molecule has 9 nitrogen and oxygen atoms in total. The van der Waals surface area contributed by atoms with Gasteiger partial charge in [-0.25, -0.2) is 14.0 Å². The maximum absolute atomic E-state index is 13.7. The van der Waals surface area contributed by atoms with Gasteiger partial charge in [-0.3, -0.25) is 9.52 Å². The second-order valence-corrected chi connectivity index (χ2v) is 9.49. The van der Waals surface area contributed by atoms with E-state index in [1.54, 1.807) is 32.2 Å². The fourth-order valence-electron chi connectivity index (χ4n) is 3.55. The van der Waals surface area contributed by atoms with Crippen LogP contribution < -0.4 is 10.0 Å². The summed E-state index contributed by atoms with van der Waals surface area (Å²) in [6.07, 6.45) is 4.61. The number of carbonyl (C=O) groups excluding carboxylic acids is 1. The zero-order valence-electron chi connectivity index (χ0n) is 18.8. The maximum Gasteiger partial charge on any atom is 0.272 e. The number of fused-ring (bicyclic) bond motifs is 1. The van der Waals surface area contributed by atoms with Crippen LogP contribution in [0, 0.1) is 22.1 Å². The number of nitrogens with one attached hydrogen (secondary N) is 3. The molecule has 11 heteroatoms. The number of rotatable bonds is 5. The highest BCUT2D eigenvalue weighted by Gasteiger charge is 2.27. The van der Waals surface area contributed by atoms with Crippen LogP contribution >= 0.6 is 0 Å². The molecule has 1 amide bonds. The highest BCUT2D eigenvalue weighted by Crippen LogP contribution is 2.29. The fourth-order valence-corrected chi connectivity index (χ4v) is 4.96. The van der Waals surface area contributed by atoms with Crippen molar-refractivity contribution in [3.8, 4) is 6.07 Å². The van der Waals surface area contributed by atoms with Gasteiger partial charge in [0, 0.05) is 30.6 Å². The van der Waals surface area contributed by atoms with Gasteiger partial charge in [0.2, 0.25) is 5.95 Å². The molecule has 1 unspecified atom stereocenters. The van der Waals surface area contributed by atoms with Crippen LogP contribution in [0.4, 0.5) is 10.1 Å². The predicted octanol–water partition coefficient (Wildman–Crippen LogP) is 4.07. The molecule has 0 fully saturated rings. The second-order valence-electron chi connectivity index (χ2n) is 7.73. The first-order valence-electron chi connectivity index (χ1n) is 10.4. The van der Waals surface area contributed by atoms with Gasteiger partial charge in [-0.2, -0.15) is 9.65 Å². The Kier molecular flexibility index (Phi) is 6.40. The summed E-state index contributed by atoms with van der Waals surface area (Å²) < 4.78 is 45.4. The SMILES string of the molecule is C/C(OCc1ccccc1)=C1\C=Cc2c(cn(C)c2C(=O)Nc2cc(F)nc(C#N)c2)S(=N)(=O)N1. The van der Waals surface area contributed by atoms with Gasteiger partial charge in [0.1, 0.15) is 29.8 Å². The third-order valence-corrected chi connectivity index (χ3v) is 6.68. The van der Waals surface area contributed by atoms with E-state index in [4.69, 9.17) is 14.8 Å². The largest absolute Gasteiger partial charge is 0.491 e. The molecule has 0 aliphatic carbocycles. The van der Waals surface area contributed by atoms with Crippen molar-refractivity contribution in [2.24, 2.45) is 7.05 Å². The molecule has 0 saturated carbocycles. The Hall–Kier alpha value is -4.43. The highest BCUT2D eigenvalue weighted by molar-refractivity contribution is 7.90. The standard InChI is InChI=1S/C24H21FN6O3S/c1-15(34-14-16-6-4-3-5-7-16)20-9-8-19-21(35(27,33)30-20)13-31(2)23(19)24(32)29-17-10-18(12-26)28-22(25)11-17/h3-11,13H,14H2,1-2H3,(H2,27,30,33)(H,28,29,32)/b20-15-. The molecule has 0 saturated heterocycles. The number of anilines is 1.